The lowest BCUT2D eigenvalue weighted by atomic mass is 9.85. The standard InChI is InChI=1S/C26H53N3O2/c1-19(2)25(31)22(14-10-13-17-28-26(7,8)9)18-24(30)23(29-21(5)6)15-11-12-16-27-20(3)4/h19-23,27-29H,10-18H2,1-9H3/t22-,23+/m1/s1. The first-order valence-electron chi connectivity index (χ1n) is 12.6. The molecule has 0 radical (unpaired) electrons. The van der Waals surface area contributed by atoms with Crippen LogP contribution in [0.25, 0.3) is 0 Å². The van der Waals surface area contributed by atoms with Crippen LogP contribution in [0.3, 0.4) is 0 Å². The van der Waals surface area contributed by atoms with Gasteiger partial charge in [-0.25, -0.2) is 0 Å². The molecule has 0 unspecified atom stereocenters. The molecule has 0 saturated heterocycles. The maximum atomic E-state index is 13.2. The van der Waals surface area contributed by atoms with Gasteiger partial charge in [-0.1, -0.05) is 54.4 Å². The van der Waals surface area contributed by atoms with E-state index in [1.807, 2.05) is 13.8 Å². The highest BCUT2D eigenvalue weighted by atomic mass is 16.1. The molecule has 0 aromatic carbocycles. The Labute approximate surface area is 193 Å². The van der Waals surface area contributed by atoms with Gasteiger partial charge >= 0.3 is 0 Å². The van der Waals surface area contributed by atoms with Crippen LogP contribution in [0.1, 0.15) is 107 Å². The molecule has 0 heterocycles. The van der Waals surface area contributed by atoms with Gasteiger partial charge in [0.1, 0.15) is 11.6 Å². The molecule has 0 fully saturated rings. The lowest BCUT2D eigenvalue weighted by molar-refractivity contribution is -0.131. The minimum absolute atomic E-state index is 0.0240. The number of hydrogen-bond donors (Lipinski definition) is 3. The van der Waals surface area contributed by atoms with Crippen LogP contribution in [-0.2, 0) is 9.59 Å². The van der Waals surface area contributed by atoms with Crippen molar-refractivity contribution in [3.8, 4) is 0 Å². The van der Waals surface area contributed by atoms with Gasteiger partial charge in [0.25, 0.3) is 0 Å². The van der Waals surface area contributed by atoms with Gasteiger partial charge in [-0.3, -0.25) is 9.59 Å². The second kappa shape index (κ2) is 15.9. The van der Waals surface area contributed by atoms with Crippen LogP contribution in [-0.4, -0.2) is 48.3 Å². The second-order valence-corrected chi connectivity index (χ2v) is 11.1. The number of hydrogen-bond acceptors (Lipinski definition) is 5. The largest absolute Gasteiger partial charge is 0.315 e. The van der Waals surface area contributed by atoms with E-state index in [1.165, 1.54) is 0 Å². The van der Waals surface area contributed by atoms with E-state index in [2.05, 4.69) is 64.4 Å². The molecule has 0 saturated carbocycles. The molecule has 5 nitrogen and oxygen atoms in total. The number of nitrogens with one attached hydrogen (secondary N) is 3. The zero-order chi connectivity index (χ0) is 24.0. The van der Waals surface area contributed by atoms with Crippen molar-refractivity contribution >= 4 is 11.6 Å². The summed E-state index contributed by atoms with van der Waals surface area (Å²) < 4.78 is 0. The van der Waals surface area contributed by atoms with Crippen molar-refractivity contribution in [2.45, 2.75) is 131 Å². The lowest BCUT2D eigenvalue weighted by Crippen LogP contribution is -2.42. The Balaban J connectivity index is 4.79. The first-order chi connectivity index (χ1) is 14.3. The molecule has 0 aliphatic heterocycles. The van der Waals surface area contributed by atoms with Crippen LogP contribution in [0, 0.1) is 11.8 Å². The summed E-state index contributed by atoms with van der Waals surface area (Å²) in [6.45, 7) is 20.8. The van der Waals surface area contributed by atoms with Gasteiger partial charge in [0.2, 0.25) is 0 Å². The lowest BCUT2D eigenvalue weighted by Gasteiger charge is -2.24. The summed E-state index contributed by atoms with van der Waals surface area (Å²) in [6, 6.07) is 0.599. The average Bonchev–Trinajstić information content (AvgIpc) is 2.63. The average molecular weight is 440 g/mol. The number of rotatable bonds is 18. The predicted molar refractivity (Wildman–Crippen MR) is 134 cm³/mol. The van der Waals surface area contributed by atoms with E-state index in [-0.39, 0.29) is 41.0 Å². The molecule has 5 heteroatoms. The zero-order valence-corrected chi connectivity index (χ0v) is 22.1. The van der Waals surface area contributed by atoms with Crippen molar-refractivity contribution in [1.29, 1.82) is 0 Å². The van der Waals surface area contributed by atoms with Crippen LogP contribution in [0.15, 0.2) is 0 Å². The van der Waals surface area contributed by atoms with Gasteiger partial charge in [-0.05, 0) is 59.5 Å². The number of carbonyl (C=O) groups excluding carboxylic acids is 2. The number of ketones is 2. The molecule has 0 aliphatic carbocycles. The smallest absolute Gasteiger partial charge is 0.150 e. The molecule has 2 atom stereocenters. The highest BCUT2D eigenvalue weighted by Crippen LogP contribution is 2.21. The molecular weight excluding hydrogens is 386 g/mol. The van der Waals surface area contributed by atoms with Crippen LogP contribution in [0.4, 0.5) is 0 Å². The molecule has 0 spiro atoms. The molecule has 0 aromatic heterocycles. The Bertz CT molecular complexity index is 495. The molecule has 3 N–H and O–H groups in total. The second-order valence-electron chi connectivity index (χ2n) is 11.1. The van der Waals surface area contributed by atoms with Crippen molar-refractivity contribution < 1.29 is 9.59 Å². The number of unbranched alkanes of at least 4 members (excludes halogenated alkanes) is 2. The minimum atomic E-state index is -0.152. The summed E-state index contributed by atoms with van der Waals surface area (Å²) in [5, 5.41) is 10.4. The SMILES string of the molecule is CC(C)NCCCC[C@H](NC(C)C)C(=O)C[C@@H](CCCCNC(C)(C)C)C(=O)C(C)C. The Morgan fingerprint density at radius 3 is 1.87 bits per heavy atom. The molecule has 0 rings (SSSR count). The molecule has 0 aromatic rings. The maximum Gasteiger partial charge on any atom is 0.150 e. The van der Waals surface area contributed by atoms with Crippen molar-refractivity contribution in [2.24, 2.45) is 11.8 Å². The Kier molecular flexibility index (Phi) is 15.5. The third kappa shape index (κ3) is 16.5. The van der Waals surface area contributed by atoms with Crippen LogP contribution in [0.2, 0.25) is 0 Å². The van der Waals surface area contributed by atoms with E-state index in [1.54, 1.807) is 0 Å². The van der Waals surface area contributed by atoms with Crippen molar-refractivity contribution in [3.05, 3.63) is 0 Å². The zero-order valence-electron chi connectivity index (χ0n) is 22.1. The Morgan fingerprint density at radius 2 is 1.35 bits per heavy atom. The third-order valence-corrected chi connectivity index (χ3v) is 5.45. The van der Waals surface area contributed by atoms with Crippen LogP contribution >= 0.6 is 0 Å². The monoisotopic (exact) mass is 439 g/mol. The topological polar surface area (TPSA) is 70.2 Å². The van der Waals surface area contributed by atoms with Gasteiger partial charge in [-0.2, -0.15) is 0 Å². The summed E-state index contributed by atoms with van der Waals surface area (Å²) in [5.41, 5.74) is 0.115. The van der Waals surface area contributed by atoms with Crippen molar-refractivity contribution in [1.82, 2.24) is 16.0 Å². The molecule has 31 heavy (non-hydrogen) atoms. The predicted octanol–water partition coefficient (Wildman–Crippen LogP) is 4.88. The van der Waals surface area contributed by atoms with Crippen molar-refractivity contribution in [2.75, 3.05) is 13.1 Å². The molecule has 0 aliphatic rings. The third-order valence-electron chi connectivity index (χ3n) is 5.45. The quantitative estimate of drug-likeness (QED) is 0.266. The van der Waals surface area contributed by atoms with Crippen LogP contribution < -0.4 is 16.0 Å². The van der Waals surface area contributed by atoms with E-state index in [9.17, 15) is 9.59 Å². The number of Topliss-reactive ketones (excluding diaryl/α,β-unsaturated/α-hetero) is 2. The summed E-state index contributed by atoms with van der Waals surface area (Å²) in [7, 11) is 0. The minimum Gasteiger partial charge on any atom is -0.315 e. The summed E-state index contributed by atoms with van der Waals surface area (Å²) in [6.07, 6.45) is 6.11. The summed E-state index contributed by atoms with van der Waals surface area (Å²) in [4.78, 5) is 26.0. The van der Waals surface area contributed by atoms with Gasteiger partial charge in [0.15, 0.2) is 0 Å². The van der Waals surface area contributed by atoms with Gasteiger partial charge in [-0.15, -0.1) is 0 Å². The Morgan fingerprint density at radius 1 is 0.774 bits per heavy atom. The highest BCUT2D eigenvalue weighted by Gasteiger charge is 2.27. The number of carbonyl (C=O) groups is 2. The normalized spacial score (nSPS) is 14.5. The summed E-state index contributed by atoms with van der Waals surface area (Å²) >= 11 is 0. The maximum absolute atomic E-state index is 13.2. The Hall–Kier alpha value is -0.780. The summed E-state index contributed by atoms with van der Waals surface area (Å²) in [5.74, 6) is 0.268. The van der Waals surface area contributed by atoms with E-state index in [0.717, 1.165) is 51.6 Å². The fraction of sp³-hybridized carbons (Fsp3) is 0.923. The fourth-order valence-electron chi connectivity index (χ4n) is 3.78. The van der Waals surface area contributed by atoms with Crippen molar-refractivity contribution in [3.63, 3.8) is 0 Å². The molecule has 184 valence electrons. The van der Waals surface area contributed by atoms with E-state index >= 15 is 0 Å². The van der Waals surface area contributed by atoms with Crippen LogP contribution in [0.5, 0.6) is 0 Å². The van der Waals surface area contributed by atoms with E-state index < -0.39 is 0 Å². The fourth-order valence-corrected chi connectivity index (χ4v) is 3.78. The van der Waals surface area contributed by atoms with E-state index in [4.69, 9.17) is 0 Å². The first kappa shape index (κ1) is 30.2. The molecular formula is C26H53N3O2. The van der Waals surface area contributed by atoms with Gasteiger partial charge in [0, 0.05) is 35.9 Å². The highest BCUT2D eigenvalue weighted by molar-refractivity contribution is 5.91. The molecule has 0 bridgehead atoms. The van der Waals surface area contributed by atoms with E-state index in [0.29, 0.717) is 12.5 Å². The molecule has 0 amide bonds. The van der Waals surface area contributed by atoms with Gasteiger partial charge < -0.3 is 16.0 Å². The first-order valence-corrected chi connectivity index (χ1v) is 12.6. The van der Waals surface area contributed by atoms with Gasteiger partial charge in [0.05, 0.1) is 6.04 Å².